The van der Waals surface area contributed by atoms with Crippen molar-refractivity contribution in [2.45, 2.75) is 32.1 Å². The summed E-state index contributed by atoms with van der Waals surface area (Å²) in [5.74, 6) is 0.835. The Morgan fingerprint density at radius 3 is 2.36 bits per heavy atom. The topological polar surface area (TPSA) is 26.0 Å². The van der Waals surface area contributed by atoms with E-state index in [1.165, 1.54) is 16.0 Å². The van der Waals surface area contributed by atoms with Gasteiger partial charge < -0.3 is 4.42 Å². The Morgan fingerprint density at radius 2 is 1.76 bits per heavy atom. The van der Waals surface area contributed by atoms with Gasteiger partial charge in [0.05, 0.1) is 5.69 Å². The summed E-state index contributed by atoms with van der Waals surface area (Å²) in [4.78, 5) is 6.17. The number of aryl methyl sites for hydroxylation is 1. The van der Waals surface area contributed by atoms with Crippen molar-refractivity contribution < 1.29 is 4.42 Å². The van der Waals surface area contributed by atoms with Crippen LogP contribution in [-0.2, 0) is 6.42 Å². The van der Waals surface area contributed by atoms with Crippen LogP contribution in [0.1, 0.15) is 32.1 Å². The molecular weight excluding hydrogens is 326 g/mol. The highest BCUT2D eigenvalue weighted by Gasteiger charge is 2.17. The van der Waals surface area contributed by atoms with Gasteiger partial charge in [-0.1, -0.05) is 45.5 Å². The Hall–Kier alpha value is -2.00. The minimum atomic E-state index is -0.834. The van der Waals surface area contributed by atoms with Crippen LogP contribution in [0.25, 0.3) is 28.4 Å². The normalized spacial score (nSPS) is 11.8. The van der Waals surface area contributed by atoms with Gasteiger partial charge in [-0.25, -0.2) is 15.0 Å². The van der Waals surface area contributed by atoms with Gasteiger partial charge in [0.1, 0.15) is 5.76 Å². The number of pyridine rings is 1. The third kappa shape index (κ3) is 3.82. The van der Waals surface area contributed by atoms with E-state index in [0.29, 0.717) is 5.71 Å². The Kier molecular flexibility index (Phi) is 6.12. The molecule has 0 amide bonds. The molecule has 2 heterocycles. The van der Waals surface area contributed by atoms with Crippen molar-refractivity contribution in [1.29, 1.82) is 0 Å². The van der Waals surface area contributed by atoms with E-state index >= 15 is 0 Å². The van der Waals surface area contributed by atoms with Crippen LogP contribution in [0.15, 0.2) is 52.3 Å². The fourth-order valence-corrected chi connectivity index (χ4v) is 4.26. The molecule has 25 heavy (non-hydrogen) atoms. The first-order valence-electron chi connectivity index (χ1n) is 8.78. The van der Waals surface area contributed by atoms with Gasteiger partial charge in [0.2, 0.25) is 5.71 Å². The van der Waals surface area contributed by atoms with Gasteiger partial charge >= 0.3 is 0 Å². The van der Waals surface area contributed by atoms with Gasteiger partial charge in [-0.2, -0.15) is 0 Å². The molecule has 2 nitrogen and oxygen atoms in total. The summed E-state index contributed by atoms with van der Waals surface area (Å²) in [6.07, 6.45) is 9.61. The Labute approximate surface area is 153 Å². The van der Waals surface area contributed by atoms with E-state index in [2.05, 4.69) is 68.7 Å². The van der Waals surface area contributed by atoms with Crippen molar-refractivity contribution in [3.8, 4) is 11.3 Å². The lowest BCUT2D eigenvalue weighted by atomic mass is 10.1. The van der Waals surface area contributed by atoms with Crippen LogP contribution in [0.5, 0.6) is 0 Å². The molecular formula is C22H29NOS. The first kappa shape index (κ1) is 19.3. The van der Waals surface area contributed by atoms with Crippen LogP contribution in [0.4, 0.5) is 0 Å². The summed E-state index contributed by atoms with van der Waals surface area (Å²) in [5, 5.41) is 1.09. The Balaban J connectivity index is 0.00000109. The number of hydrogen-bond donors (Lipinski definition) is 0. The molecule has 134 valence electrons. The molecule has 0 N–H and O–H groups in total. The average Bonchev–Trinajstić information content (AvgIpc) is 2.99. The molecule has 3 aromatic rings. The Bertz CT molecular complexity index is 871. The second-order valence-electron chi connectivity index (χ2n) is 6.39. The summed E-state index contributed by atoms with van der Waals surface area (Å²) < 4.78 is 5.90. The number of fused-ring (bicyclic) bond motifs is 1. The molecule has 0 atom stereocenters. The number of nitrogens with zero attached hydrogens (tertiary/aromatic N) is 1. The van der Waals surface area contributed by atoms with Crippen molar-refractivity contribution in [1.82, 2.24) is 4.98 Å². The standard InChI is InChI=1S/C20H23NOS.C2H6/c1-6-14-15-12-13-17(21-20(15)22-18(14)7-2)16-10-8-9-11-19(16)23(3,4)5;1-2/h7-13H,2,6H2,1,3-5H3;1-2H3. The molecule has 3 rings (SSSR count). The van der Waals surface area contributed by atoms with Gasteiger partial charge in [-0.15, -0.1) is 0 Å². The first-order valence-corrected chi connectivity index (χ1v) is 11.6. The van der Waals surface area contributed by atoms with Crippen molar-refractivity contribution in [2.75, 3.05) is 18.8 Å². The van der Waals surface area contributed by atoms with E-state index < -0.39 is 10.0 Å². The predicted molar refractivity (Wildman–Crippen MR) is 114 cm³/mol. The lowest BCUT2D eigenvalue weighted by Gasteiger charge is -2.28. The number of hydrogen-bond acceptors (Lipinski definition) is 2. The maximum atomic E-state index is 5.90. The molecule has 0 unspecified atom stereocenters. The van der Waals surface area contributed by atoms with Gasteiger partial charge in [0, 0.05) is 16.5 Å². The minimum absolute atomic E-state index is 0.702. The maximum Gasteiger partial charge on any atom is 0.227 e. The van der Waals surface area contributed by atoms with Crippen LogP contribution in [0.3, 0.4) is 0 Å². The fraction of sp³-hybridized carbons (Fsp3) is 0.318. The van der Waals surface area contributed by atoms with Crippen LogP contribution in [-0.4, -0.2) is 23.8 Å². The molecule has 0 aliphatic carbocycles. The zero-order valence-corrected chi connectivity index (χ0v) is 17.0. The molecule has 2 aromatic heterocycles. The third-order valence-corrected chi connectivity index (χ3v) is 5.73. The summed E-state index contributed by atoms with van der Waals surface area (Å²) in [6.45, 7) is 9.97. The number of benzene rings is 1. The lowest BCUT2D eigenvalue weighted by Crippen LogP contribution is -1.97. The maximum absolute atomic E-state index is 5.90. The summed E-state index contributed by atoms with van der Waals surface area (Å²) in [5.41, 5.74) is 4.06. The van der Waals surface area contributed by atoms with Crippen LogP contribution < -0.4 is 0 Å². The smallest absolute Gasteiger partial charge is 0.227 e. The van der Waals surface area contributed by atoms with Gasteiger partial charge in [0.25, 0.3) is 0 Å². The SMILES string of the molecule is C=Cc1oc2nc(-c3ccccc3S(C)(C)C)ccc2c1CC.CC. The van der Waals surface area contributed by atoms with Gasteiger partial charge in [-0.05, 0) is 54.4 Å². The Morgan fingerprint density at radius 1 is 1.08 bits per heavy atom. The minimum Gasteiger partial charge on any atom is -0.438 e. The number of aromatic nitrogens is 1. The fourth-order valence-electron chi connectivity index (χ4n) is 2.94. The van der Waals surface area contributed by atoms with Crippen LogP contribution >= 0.6 is 10.0 Å². The highest BCUT2D eigenvalue weighted by Crippen LogP contribution is 2.49. The average molecular weight is 356 g/mol. The zero-order valence-electron chi connectivity index (χ0n) is 16.2. The van der Waals surface area contributed by atoms with Crippen LogP contribution in [0, 0.1) is 0 Å². The molecule has 0 fully saturated rings. The van der Waals surface area contributed by atoms with Crippen molar-refractivity contribution in [2.24, 2.45) is 0 Å². The second-order valence-corrected chi connectivity index (χ2v) is 10.5. The molecule has 0 aliphatic heterocycles. The molecule has 0 aliphatic rings. The highest BCUT2D eigenvalue weighted by molar-refractivity contribution is 8.32. The summed E-state index contributed by atoms with van der Waals surface area (Å²) in [6, 6.07) is 12.8. The molecule has 0 saturated carbocycles. The van der Waals surface area contributed by atoms with E-state index in [1.54, 1.807) is 6.08 Å². The molecule has 0 spiro atoms. The number of furan rings is 1. The quantitative estimate of drug-likeness (QED) is 0.515. The monoisotopic (exact) mass is 355 g/mol. The third-order valence-electron chi connectivity index (χ3n) is 4.05. The van der Waals surface area contributed by atoms with Crippen molar-refractivity contribution in [3.63, 3.8) is 0 Å². The molecule has 0 radical (unpaired) electrons. The van der Waals surface area contributed by atoms with Crippen LogP contribution in [0.2, 0.25) is 0 Å². The van der Waals surface area contributed by atoms with E-state index in [-0.39, 0.29) is 0 Å². The highest BCUT2D eigenvalue weighted by atomic mass is 32.3. The van der Waals surface area contributed by atoms with Gasteiger partial charge in [-0.3, -0.25) is 0 Å². The van der Waals surface area contributed by atoms with Crippen molar-refractivity contribution >= 4 is 27.2 Å². The van der Waals surface area contributed by atoms with E-state index in [0.717, 1.165) is 23.3 Å². The first-order chi connectivity index (χ1) is 12.0. The number of rotatable bonds is 4. The van der Waals surface area contributed by atoms with E-state index in [9.17, 15) is 0 Å². The molecule has 1 aromatic carbocycles. The summed E-state index contributed by atoms with van der Waals surface area (Å²) >= 11 is 0. The van der Waals surface area contributed by atoms with E-state index in [1.807, 2.05) is 13.8 Å². The summed E-state index contributed by atoms with van der Waals surface area (Å²) in [7, 11) is -0.834. The predicted octanol–water partition coefficient (Wildman–Crippen LogP) is 6.78. The second kappa shape index (κ2) is 7.92. The molecule has 0 saturated heterocycles. The molecule has 0 bridgehead atoms. The van der Waals surface area contributed by atoms with Crippen molar-refractivity contribution in [3.05, 3.63) is 54.3 Å². The molecule has 3 heteroatoms. The lowest BCUT2D eigenvalue weighted by molar-refractivity contribution is 0.588. The zero-order chi connectivity index (χ0) is 18.6. The van der Waals surface area contributed by atoms with Gasteiger partial charge in [0.15, 0.2) is 0 Å². The largest absolute Gasteiger partial charge is 0.438 e. The van der Waals surface area contributed by atoms with E-state index in [4.69, 9.17) is 9.40 Å².